The third-order valence-electron chi connectivity index (χ3n) is 8.38. The Morgan fingerprint density at radius 1 is 0.953 bits per heavy atom. The molecule has 4 rings (SSSR count). The van der Waals surface area contributed by atoms with Crippen molar-refractivity contribution in [2.75, 3.05) is 30.5 Å². The van der Waals surface area contributed by atoms with E-state index in [0.29, 0.717) is 30.1 Å². The van der Waals surface area contributed by atoms with Gasteiger partial charge < -0.3 is 30.9 Å². The molecule has 3 aromatic carbocycles. The molecule has 0 spiro atoms. The molecule has 9 heteroatoms. The van der Waals surface area contributed by atoms with Crippen LogP contribution in [0.2, 0.25) is 0 Å². The Labute approximate surface area is 254 Å². The van der Waals surface area contributed by atoms with Gasteiger partial charge in [0, 0.05) is 12.0 Å². The van der Waals surface area contributed by atoms with Crippen LogP contribution in [0.3, 0.4) is 0 Å². The molecule has 3 atom stereocenters. The van der Waals surface area contributed by atoms with Gasteiger partial charge in [-0.2, -0.15) is 0 Å². The molecule has 0 fully saturated rings. The molecule has 43 heavy (non-hydrogen) atoms. The van der Waals surface area contributed by atoms with Crippen LogP contribution in [0.4, 0.5) is 11.4 Å². The summed E-state index contributed by atoms with van der Waals surface area (Å²) in [4.78, 5) is 45.0. The van der Waals surface area contributed by atoms with Crippen LogP contribution in [0.1, 0.15) is 57.9 Å². The van der Waals surface area contributed by atoms with Gasteiger partial charge in [-0.05, 0) is 69.3 Å². The van der Waals surface area contributed by atoms with Crippen molar-refractivity contribution in [1.82, 2.24) is 10.6 Å². The first kappa shape index (κ1) is 32.0. The smallest absolute Gasteiger partial charge is 0.252 e. The SMILES string of the molecule is CN[C@@H](C)C(=O)N[C@@H]1C(=O)N(Cc2c(OC)ccc3ccccc23)c2ccccc2N(C(=O)CCCCCCCN)[C@H]1C. The Kier molecular flexibility index (Phi) is 11.1. The van der Waals surface area contributed by atoms with E-state index < -0.39 is 18.1 Å². The standard InChI is InChI=1S/C34H45N5O4/c1-23(36-3)33(41)37-32-24(2)39(31(40)18-8-6-5-7-13-21-35)29-17-12-11-16-28(29)38(34(32)42)22-27-26-15-10-9-14-25(26)19-20-30(27)43-4/h9-12,14-17,19-20,23-24,32,36H,5-8,13,18,21-22,35H2,1-4H3,(H,37,41)/t23-,24-,32-/m0/s1. The van der Waals surface area contributed by atoms with Crippen LogP contribution < -0.4 is 30.9 Å². The van der Waals surface area contributed by atoms with Gasteiger partial charge in [-0.15, -0.1) is 0 Å². The van der Waals surface area contributed by atoms with Crippen molar-refractivity contribution in [3.05, 3.63) is 66.2 Å². The monoisotopic (exact) mass is 587 g/mol. The number of nitrogens with zero attached hydrogens (tertiary/aromatic N) is 2. The fourth-order valence-electron chi connectivity index (χ4n) is 5.77. The number of carbonyl (C=O) groups is 3. The minimum Gasteiger partial charge on any atom is -0.496 e. The minimum absolute atomic E-state index is 0.0721. The minimum atomic E-state index is -0.967. The van der Waals surface area contributed by atoms with Crippen LogP contribution in [0.25, 0.3) is 10.8 Å². The summed E-state index contributed by atoms with van der Waals surface area (Å²) in [6.45, 7) is 4.45. The number of ether oxygens (including phenoxy) is 1. The van der Waals surface area contributed by atoms with Crippen LogP contribution in [0, 0.1) is 0 Å². The quantitative estimate of drug-likeness (QED) is 0.254. The first-order chi connectivity index (χ1) is 20.8. The Morgan fingerprint density at radius 3 is 2.35 bits per heavy atom. The maximum absolute atomic E-state index is 14.5. The summed E-state index contributed by atoms with van der Waals surface area (Å²) in [5.41, 5.74) is 7.73. The van der Waals surface area contributed by atoms with Gasteiger partial charge in [0.05, 0.1) is 37.1 Å². The van der Waals surface area contributed by atoms with Crippen LogP contribution in [-0.2, 0) is 20.9 Å². The van der Waals surface area contributed by atoms with Crippen LogP contribution >= 0.6 is 0 Å². The number of para-hydroxylation sites is 2. The molecule has 0 radical (unpaired) electrons. The molecule has 0 aromatic heterocycles. The van der Waals surface area contributed by atoms with Crippen molar-refractivity contribution in [2.24, 2.45) is 5.73 Å². The number of anilines is 2. The summed E-state index contributed by atoms with van der Waals surface area (Å²) >= 11 is 0. The number of carbonyl (C=O) groups excluding carboxylic acids is 3. The highest BCUT2D eigenvalue weighted by Crippen LogP contribution is 2.39. The molecule has 1 heterocycles. The van der Waals surface area contributed by atoms with Gasteiger partial charge in [0.25, 0.3) is 5.91 Å². The third-order valence-corrected chi connectivity index (χ3v) is 8.38. The fraction of sp³-hybridized carbons (Fsp3) is 0.441. The van der Waals surface area contributed by atoms with Gasteiger partial charge >= 0.3 is 0 Å². The summed E-state index contributed by atoms with van der Waals surface area (Å²) in [5.74, 6) is -0.0114. The molecule has 230 valence electrons. The lowest BCUT2D eigenvalue weighted by Gasteiger charge is -2.33. The van der Waals surface area contributed by atoms with E-state index in [2.05, 4.69) is 10.6 Å². The lowest BCUT2D eigenvalue weighted by atomic mass is 10.0. The molecule has 0 saturated carbocycles. The molecule has 3 aromatic rings. The zero-order chi connectivity index (χ0) is 30.9. The van der Waals surface area contributed by atoms with Gasteiger partial charge in [0.2, 0.25) is 11.8 Å². The van der Waals surface area contributed by atoms with Crippen molar-refractivity contribution in [2.45, 2.75) is 77.0 Å². The van der Waals surface area contributed by atoms with E-state index in [9.17, 15) is 14.4 Å². The average Bonchev–Trinajstić information content (AvgIpc) is 3.11. The molecule has 1 aliphatic heterocycles. The van der Waals surface area contributed by atoms with E-state index >= 15 is 0 Å². The number of fused-ring (bicyclic) bond motifs is 2. The van der Waals surface area contributed by atoms with Crippen LogP contribution in [0.5, 0.6) is 5.75 Å². The highest BCUT2D eigenvalue weighted by atomic mass is 16.5. The van der Waals surface area contributed by atoms with Gasteiger partial charge in [0.1, 0.15) is 11.8 Å². The lowest BCUT2D eigenvalue weighted by molar-refractivity contribution is -0.129. The number of methoxy groups -OCH3 is 1. The zero-order valence-corrected chi connectivity index (χ0v) is 25.8. The van der Waals surface area contributed by atoms with Crippen LogP contribution in [-0.4, -0.2) is 56.5 Å². The molecule has 0 saturated heterocycles. The van der Waals surface area contributed by atoms with Gasteiger partial charge in [-0.25, -0.2) is 0 Å². The van der Waals surface area contributed by atoms with E-state index in [1.165, 1.54) is 0 Å². The largest absolute Gasteiger partial charge is 0.496 e. The van der Waals surface area contributed by atoms with Crippen molar-refractivity contribution in [1.29, 1.82) is 0 Å². The second kappa shape index (κ2) is 15.0. The summed E-state index contributed by atoms with van der Waals surface area (Å²) in [6, 6.07) is 17.3. The highest BCUT2D eigenvalue weighted by Gasteiger charge is 2.42. The summed E-state index contributed by atoms with van der Waals surface area (Å²) < 4.78 is 5.76. The summed E-state index contributed by atoms with van der Waals surface area (Å²) in [7, 11) is 3.31. The number of unbranched alkanes of at least 4 members (excludes halogenated alkanes) is 4. The predicted octanol–water partition coefficient (Wildman–Crippen LogP) is 4.51. The maximum atomic E-state index is 14.5. The molecular weight excluding hydrogens is 542 g/mol. The second-order valence-electron chi connectivity index (χ2n) is 11.2. The van der Waals surface area contributed by atoms with Gasteiger partial charge in [-0.3, -0.25) is 14.4 Å². The Morgan fingerprint density at radius 2 is 1.63 bits per heavy atom. The van der Waals surface area contributed by atoms with E-state index in [-0.39, 0.29) is 24.3 Å². The fourth-order valence-corrected chi connectivity index (χ4v) is 5.77. The molecule has 0 bridgehead atoms. The number of nitrogens with two attached hydrogens (primary N) is 1. The number of amides is 3. The van der Waals surface area contributed by atoms with E-state index in [1.54, 1.807) is 30.9 Å². The summed E-state index contributed by atoms with van der Waals surface area (Å²) in [5, 5.41) is 7.91. The first-order valence-electron chi connectivity index (χ1n) is 15.3. The number of likely N-dealkylation sites (N-methyl/N-ethyl adjacent to an activating group) is 1. The van der Waals surface area contributed by atoms with E-state index in [1.807, 2.05) is 67.6 Å². The normalized spacial score (nSPS) is 17.4. The Bertz CT molecular complexity index is 1430. The topological polar surface area (TPSA) is 117 Å². The summed E-state index contributed by atoms with van der Waals surface area (Å²) in [6.07, 6.45) is 5.08. The number of benzene rings is 3. The molecule has 9 nitrogen and oxygen atoms in total. The Balaban J connectivity index is 1.77. The average molecular weight is 588 g/mol. The molecule has 0 aliphatic carbocycles. The third kappa shape index (κ3) is 7.17. The number of hydrogen-bond donors (Lipinski definition) is 3. The number of rotatable bonds is 13. The van der Waals surface area contributed by atoms with Crippen molar-refractivity contribution < 1.29 is 19.1 Å². The molecule has 3 amide bonds. The number of hydrogen-bond acceptors (Lipinski definition) is 6. The highest BCUT2D eigenvalue weighted by molar-refractivity contribution is 6.09. The van der Waals surface area contributed by atoms with Crippen molar-refractivity contribution in [3.63, 3.8) is 0 Å². The maximum Gasteiger partial charge on any atom is 0.252 e. The Hall–Kier alpha value is -3.95. The zero-order valence-electron chi connectivity index (χ0n) is 25.8. The van der Waals surface area contributed by atoms with Gasteiger partial charge in [0.15, 0.2) is 0 Å². The van der Waals surface area contributed by atoms with Crippen molar-refractivity contribution in [3.8, 4) is 5.75 Å². The lowest BCUT2D eigenvalue weighted by Crippen LogP contribution is -2.59. The molecular formula is C34H45N5O4. The van der Waals surface area contributed by atoms with E-state index in [0.717, 1.165) is 48.4 Å². The second-order valence-corrected chi connectivity index (χ2v) is 11.2. The molecule has 4 N–H and O–H groups in total. The van der Waals surface area contributed by atoms with Crippen molar-refractivity contribution >= 4 is 39.9 Å². The molecule has 0 unspecified atom stereocenters. The molecule has 1 aliphatic rings. The van der Waals surface area contributed by atoms with Crippen LogP contribution in [0.15, 0.2) is 60.7 Å². The van der Waals surface area contributed by atoms with Gasteiger partial charge in [-0.1, -0.05) is 61.7 Å². The first-order valence-corrected chi connectivity index (χ1v) is 15.3. The van der Waals surface area contributed by atoms with E-state index in [4.69, 9.17) is 10.5 Å². The predicted molar refractivity (Wildman–Crippen MR) is 172 cm³/mol. The number of nitrogens with one attached hydrogen (secondary N) is 2.